The third-order valence-corrected chi connectivity index (χ3v) is 18.9. The number of nitro benzene ring substituents is 2. The smallest absolute Gasteiger partial charge is 0.348 e. The monoisotopic (exact) mass is 1310 g/mol. The lowest BCUT2D eigenvalue weighted by molar-refractivity contribution is -0.422. The second-order valence-corrected chi connectivity index (χ2v) is 27.1. The van der Waals surface area contributed by atoms with Gasteiger partial charge in [0.1, 0.15) is 0 Å². The van der Waals surface area contributed by atoms with Crippen molar-refractivity contribution in [3.05, 3.63) is 127 Å². The molecular formula is C84H118N4O8. The third-order valence-electron chi connectivity index (χ3n) is 18.9. The summed E-state index contributed by atoms with van der Waals surface area (Å²) < 4.78 is 26.0. The van der Waals surface area contributed by atoms with E-state index in [9.17, 15) is 20.2 Å². The summed E-state index contributed by atoms with van der Waals surface area (Å²) in [6, 6.07) is 27.3. The maximum Gasteiger partial charge on any atom is 0.348 e. The van der Waals surface area contributed by atoms with Gasteiger partial charge in [-0.25, -0.2) is 9.97 Å². The number of hydrogen-bond donors (Lipinski definition) is 0. The molecule has 0 atom stereocenters. The lowest BCUT2D eigenvalue weighted by atomic mass is 9.95. The normalized spacial score (nSPS) is 11.8. The summed E-state index contributed by atoms with van der Waals surface area (Å²) in [4.78, 5) is 32.8. The zero-order valence-electron chi connectivity index (χ0n) is 59.6. The fraction of sp³-hybridized carbons (Fsp3) is 0.571. The van der Waals surface area contributed by atoms with E-state index < -0.39 is 21.2 Å². The predicted octanol–water partition coefficient (Wildman–Crippen LogP) is 26.4. The Morgan fingerprint density at radius 2 is 0.531 bits per heavy atom. The maximum atomic E-state index is 12.2. The van der Waals surface area contributed by atoms with Gasteiger partial charge >= 0.3 is 11.4 Å². The van der Waals surface area contributed by atoms with E-state index in [4.69, 9.17) is 28.9 Å². The second-order valence-electron chi connectivity index (χ2n) is 27.1. The summed E-state index contributed by atoms with van der Waals surface area (Å²) in [6.07, 6.45) is 59.2. The summed E-state index contributed by atoms with van der Waals surface area (Å²) in [5.74, 6) is 3.11. The van der Waals surface area contributed by atoms with Crippen molar-refractivity contribution in [1.82, 2.24) is 9.97 Å². The van der Waals surface area contributed by atoms with Gasteiger partial charge in [0, 0.05) is 10.8 Å². The van der Waals surface area contributed by atoms with Gasteiger partial charge in [-0.05, 0) is 95.1 Å². The molecule has 1 aromatic heterocycles. The Morgan fingerprint density at radius 3 is 0.802 bits per heavy atom. The molecule has 0 unspecified atom stereocenters. The fourth-order valence-corrected chi connectivity index (χ4v) is 13.1. The molecule has 1 heterocycles. The van der Waals surface area contributed by atoms with Crippen LogP contribution < -0.4 is 18.9 Å². The van der Waals surface area contributed by atoms with Crippen LogP contribution in [0, 0.1) is 20.2 Å². The van der Waals surface area contributed by atoms with E-state index in [-0.39, 0.29) is 11.0 Å². The number of hydrogen-bond acceptors (Lipinski definition) is 10. The number of benzene rings is 6. The third kappa shape index (κ3) is 26.7. The molecule has 0 saturated heterocycles. The SMILES string of the molecule is CCCCCCCCCCCCOc1ccc(C=Cc2ccc3c(c2)c2cc(C=Cc4ccc(OCCCCCCCCCCCC)c(OCCCCCCCCCCCC)c4)ccc2c2nc4cc([N+](=O)[O-])c([N+](=O)[O-])cc4nc32)cc1OCCCCCCCCCCCC. The highest BCUT2D eigenvalue weighted by Gasteiger charge is 2.27. The predicted molar refractivity (Wildman–Crippen MR) is 405 cm³/mol. The summed E-state index contributed by atoms with van der Waals surface area (Å²) in [6.45, 7) is 11.7. The van der Waals surface area contributed by atoms with E-state index in [2.05, 4.69) is 101 Å². The van der Waals surface area contributed by atoms with Gasteiger partial charge in [-0.3, -0.25) is 20.2 Å². The molecule has 522 valence electrons. The van der Waals surface area contributed by atoms with Crippen LogP contribution in [0.1, 0.15) is 307 Å². The highest BCUT2D eigenvalue weighted by Crippen LogP contribution is 2.39. The van der Waals surface area contributed by atoms with Crippen molar-refractivity contribution in [2.24, 2.45) is 0 Å². The minimum atomic E-state index is -0.737. The summed E-state index contributed by atoms with van der Waals surface area (Å²) in [5.41, 5.74) is 4.13. The molecule has 0 aliphatic heterocycles. The van der Waals surface area contributed by atoms with Gasteiger partial charge in [0.2, 0.25) is 0 Å². The molecule has 0 radical (unpaired) electrons. The summed E-state index contributed by atoms with van der Waals surface area (Å²) >= 11 is 0. The number of nitro groups is 2. The second kappa shape index (κ2) is 45.4. The largest absolute Gasteiger partial charge is 0.490 e. The van der Waals surface area contributed by atoms with Crippen LogP contribution in [0.4, 0.5) is 11.4 Å². The fourth-order valence-electron chi connectivity index (χ4n) is 13.1. The van der Waals surface area contributed by atoms with E-state index >= 15 is 0 Å². The van der Waals surface area contributed by atoms with Crippen LogP contribution in [-0.4, -0.2) is 46.2 Å². The molecule has 0 fully saturated rings. The summed E-state index contributed by atoms with van der Waals surface area (Å²) in [5, 5.41) is 27.7. The van der Waals surface area contributed by atoms with Crippen LogP contribution in [-0.2, 0) is 0 Å². The molecule has 0 aliphatic rings. The van der Waals surface area contributed by atoms with Gasteiger partial charge in [-0.1, -0.05) is 320 Å². The van der Waals surface area contributed by atoms with E-state index in [1.54, 1.807) is 0 Å². The van der Waals surface area contributed by atoms with Gasteiger partial charge in [0.15, 0.2) is 23.0 Å². The van der Waals surface area contributed by atoms with Crippen LogP contribution in [0.5, 0.6) is 23.0 Å². The van der Waals surface area contributed by atoms with Crippen molar-refractivity contribution in [3.8, 4) is 23.0 Å². The van der Waals surface area contributed by atoms with Gasteiger partial charge in [0.25, 0.3) is 0 Å². The quantitative estimate of drug-likeness (QED) is 0.00900. The number of rotatable bonds is 54. The van der Waals surface area contributed by atoms with Crippen LogP contribution in [0.25, 0.3) is 67.9 Å². The van der Waals surface area contributed by atoms with Crippen LogP contribution in [0.15, 0.2) is 84.9 Å². The van der Waals surface area contributed by atoms with Crippen molar-refractivity contribution in [2.75, 3.05) is 26.4 Å². The molecule has 0 amide bonds. The zero-order chi connectivity index (χ0) is 67.6. The Labute approximate surface area is 576 Å². The molecular weight excluding hydrogens is 1190 g/mol. The van der Waals surface area contributed by atoms with Crippen molar-refractivity contribution in [2.45, 2.75) is 285 Å². The van der Waals surface area contributed by atoms with Crippen LogP contribution in [0.3, 0.4) is 0 Å². The number of ether oxygens (including phenoxy) is 4. The first-order valence-electron chi connectivity index (χ1n) is 38.3. The Morgan fingerprint density at radius 1 is 0.292 bits per heavy atom. The van der Waals surface area contributed by atoms with Crippen molar-refractivity contribution in [1.29, 1.82) is 0 Å². The highest BCUT2D eigenvalue weighted by molar-refractivity contribution is 6.24. The molecule has 7 aromatic rings. The van der Waals surface area contributed by atoms with E-state index in [1.807, 2.05) is 24.3 Å². The summed E-state index contributed by atoms with van der Waals surface area (Å²) in [7, 11) is 0. The molecule has 12 nitrogen and oxygen atoms in total. The van der Waals surface area contributed by atoms with Crippen molar-refractivity contribution in [3.63, 3.8) is 0 Å². The minimum Gasteiger partial charge on any atom is -0.490 e. The first-order chi connectivity index (χ1) is 47.2. The Bertz CT molecular complexity index is 3240. The van der Waals surface area contributed by atoms with Crippen molar-refractivity contribution >= 4 is 79.3 Å². The van der Waals surface area contributed by atoms with Gasteiger partial charge in [-0.15, -0.1) is 0 Å². The number of unbranched alkanes of at least 4 members (excludes halogenated alkanes) is 36. The molecule has 0 saturated carbocycles. The number of fused-ring (bicyclic) bond motifs is 7. The minimum absolute atomic E-state index is 0.202. The standard InChI is InChI=1S/C84H118N4O8/c1-5-9-13-17-21-25-29-33-37-41-57-93-79-55-51-69(63-81(79)95-59-43-39-35-31-27-23-19-15-11-7-3)47-45-67-49-53-71-73(61-67)74-62-68(50-54-72(74)84-83(71)85-75-65-77(87(89)90)78(88(91)92)66-76(75)86-84)46-48-70-52-56-80(94-58-42-38-34-30-26-22-18-14-10-6-2)82(64-70)96-60-44-40-36-32-28-24-20-16-12-8-4/h45-56,61-66H,5-44,57-60H2,1-4H3. The Kier molecular flexibility index (Phi) is 36.1. The first-order valence-corrected chi connectivity index (χ1v) is 38.3. The molecule has 7 rings (SSSR count). The Hall–Kier alpha value is -7.08. The average molecular weight is 1310 g/mol. The van der Waals surface area contributed by atoms with E-state index in [0.29, 0.717) is 37.5 Å². The van der Waals surface area contributed by atoms with Crippen LogP contribution in [0.2, 0.25) is 0 Å². The van der Waals surface area contributed by atoms with Crippen molar-refractivity contribution < 1.29 is 28.8 Å². The molecule has 0 N–H and O–H groups in total. The lowest BCUT2D eigenvalue weighted by Crippen LogP contribution is -2.03. The highest BCUT2D eigenvalue weighted by atomic mass is 16.6. The lowest BCUT2D eigenvalue weighted by Gasteiger charge is -2.14. The number of aromatic nitrogens is 2. The van der Waals surface area contributed by atoms with E-state index in [0.717, 1.165) is 130 Å². The van der Waals surface area contributed by atoms with Gasteiger partial charge in [-0.2, -0.15) is 0 Å². The topological polar surface area (TPSA) is 149 Å². The maximum absolute atomic E-state index is 12.2. The molecule has 6 aromatic carbocycles. The van der Waals surface area contributed by atoms with E-state index in [1.165, 1.54) is 205 Å². The molecule has 96 heavy (non-hydrogen) atoms. The molecule has 0 spiro atoms. The van der Waals surface area contributed by atoms with Gasteiger partial charge < -0.3 is 18.9 Å². The number of nitrogens with zero attached hydrogens (tertiary/aromatic N) is 4. The molecule has 0 bridgehead atoms. The van der Waals surface area contributed by atoms with Gasteiger partial charge in [0.05, 0.1) is 70.5 Å². The average Bonchev–Trinajstić information content (AvgIpc) is 0.731. The molecule has 0 aliphatic carbocycles. The molecule has 12 heteroatoms. The zero-order valence-corrected chi connectivity index (χ0v) is 59.6. The Balaban J connectivity index is 1.13. The first kappa shape index (κ1) is 76.3. The van der Waals surface area contributed by atoms with Crippen LogP contribution >= 0.6 is 0 Å².